The van der Waals surface area contributed by atoms with Crippen molar-refractivity contribution in [3.63, 3.8) is 0 Å². The van der Waals surface area contributed by atoms with Gasteiger partial charge >= 0.3 is 178 Å². The Morgan fingerprint density at radius 2 is 1.20 bits per heavy atom. The quantitative estimate of drug-likeness (QED) is 0.421. The Bertz CT molecular complexity index is 820. The van der Waals surface area contributed by atoms with Crippen LogP contribution >= 0.6 is 0 Å². The minimum absolute atomic E-state index is 0. The van der Waals surface area contributed by atoms with Crippen LogP contribution in [0, 0.1) is 27.7 Å². The summed E-state index contributed by atoms with van der Waals surface area (Å²) in [6.07, 6.45) is 7.35. The summed E-state index contributed by atoms with van der Waals surface area (Å²) in [4.78, 5) is 0. The molecule has 0 spiro atoms. The summed E-state index contributed by atoms with van der Waals surface area (Å²) in [5.41, 5.74) is 11.5. The van der Waals surface area contributed by atoms with Crippen molar-refractivity contribution in [2.24, 2.45) is 0 Å². The molecule has 0 aliphatic heterocycles. The molecule has 3 rings (SSSR count). The molecule has 0 aromatic heterocycles. The Morgan fingerprint density at radius 1 is 0.767 bits per heavy atom. The molecule has 1 aliphatic rings. The van der Waals surface area contributed by atoms with Crippen molar-refractivity contribution in [3.05, 3.63) is 90.9 Å². The fourth-order valence-electron chi connectivity index (χ4n) is 4.45. The minimum atomic E-state index is 0. The monoisotopic (exact) mass is 496 g/mol. The summed E-state index contributed by atoms with van der Waals surface area (Å²) < 4.78 is 1.53. The molecule has 0 heterocycles. The summed E-state index contributed by atoms with van der Waals surface area (Å²) in [5, 5.41) is 0. The van der Waals surface area contributed by atoms with Gasteiger partial charge in [-0.25, -0.2) is 0 Å². The van der Waals surface area contributed by atoms with Crippen molar-refractivity contribution in [1.82, 2.24) is 0 Å². The normalized spacial score (nSPS) is 12.9. The van der Waals surface area contributed by atoms with Crippen molar-refractivity contribution < 1.29 is 57.7 Å². The van der Waals surface area contributed by atoms with Gasteiger partial charge in [0, 0.05) is 0 Å². The minimum Gasteiger partial charge on any atom is -1.00 e. The summed E-state index contributed by atoms with van der Waals surface area (Å²) in [5.74, 6) is 0.359. The molecule has 2 aromatic rings. The molecule has 0 fully saturated rings. The van der Waals surface area contributed by atoms with E-state index in [2.05, 4.69) is 97.5 Å². The predicted octanol–water partition coefficient (Wildman–Crippen LogP) is -1.61. The van der Waals surface area contributed by atoms with E-state index in [9.17, 15) is 0 Å². The zero-order chi connectivity index (χ0) is 19.6. The van der Waals surface area contributed by atoms with Crippen LogP contribution < -0.4 is 37.2 Å². The van der Waals surface area contributed by atoms with E-state index in [0.717, 1.165) is 6.42 Å². The second-order valence-electron chi connectivity index (χ2n) is 8.21. The van der Waals surface area contributed by atoms with Gasteiger partial charge in [0.1, 0.15) is 0 Å². The third kappa shape index (κ3) is 7.01. The van der Waals surface area contributed by atoms with Crippen molar-refractivity contribution in [2.75, 3.05) is 0 Å². The molecule has 0 amide bonds. The van der Waals surface area contributed by atoms with Crippen LogP contribution in [0.25, 0.3) is 0 Å². The Labute approximate surface area is 213 Å². The first-order valence-corrected chi connectivity index (χ1v) is 11.0. The molecule has 0 radical (unpaired) electrons. The fourth-order valence-corrected chi connectivity index (χ4v) is 5.19. The molecule has 160 valence electrons. The Balaban J connectivity index is 0.00000280. The Hall–Kier alpha value is -0.496. The molecule has 0 N–H and O–H groups in total. The van der Waals surface area contributed by atoms with E-state index in [-0.39, 0.29) is 37.2 Å². The first-order chi connectivity index (χ1) is 12.9. The number of hydrogen-bond acceptors (Lipinski definition) is 0. The molecule has 1 aliphatic carbocycles. The molecule has 30 heavy (non-hydrogen) atoms. The molecule has 0 saturated heterocycles. The summed E-state index contributed by atoms with van der Waals surface area (Å²) >= 11 is 2.35. The van der Waals surface area contributed by atoms with Crippen LogP contribution in [0.4, 0.5) is 0 Å². The zero-order valence-electron chi connectivity index (χ0n) is 18.6. The van der Waals surface area contributed by atoms with Crippen molar-refractivity contribution in [1.29, 1.82) is 0 Å². The average molecular weight is 498 g/mol. The molecule has 2 aromatic carbocycles. The molecule has 4 heteroatoms. The maximum absolute atomic E-state index is 2.48. The van der Waals surface area contributed by atoms with Gasteiger partial charge in [-0.3, -0.25) is 0 Å². The maximum Gasteiger partial charge on any atom is -1.00 e. The largest absolute Gasteiger partial charge is 1.00 e. The first kappa shape index (κ1) is 29.5. The summed E-state index contributed by atoms with van der Waals surface area (Å²) in [6.45, 7) is 11.2. The van der Waals surface area contributed by atoms with Gasteiger partial charge in [0.15, 0.2) is 0 Å². The molecule has 0 saturated carbocycles. The molecule has 0 unspecified atom stereocenters. The van der Waals surface area contributed by atoms with Gasteiger partial charge in [-0.1, -0.05) is 0 Å². The predicted molar refractivity (Wildman–Crippen MR) is 113 cm³/mol. The summed E-state index contributed by atoms with van der Waals surface area (Å²) in [6, 6.07) is 14.1. The van der Waals surface area contributed by atoms with Crippen LogP contribution in [0.3, 0.4) is 0 Å². The first-order valence-electron chi connectivity index (χ1n) is 10.2. The third-order valence-electron chi connectivity index (χ3n) is 5.51. The average Bonchev–Trinajstić information content (AvgIpc) is 2.92. The van der Waals surface area contributed by atoms with E-state index in [0.29, 0.717) is 5.92 Å². The van der Waals surface area contributed by atoms with E-state index < -0.39 is 0 Å². The smallest absolute Gasteiger partial charge is 1.00 e. The second kappa shape index (κ2) is 13.1. The van der Waals surface area contributed by atoms with Crippen molar-refractivity contribution in [3.8, 4) is 0 Å². The van der Waals surface area contributed by atoms with Gasteiger partial charge in [0.05, 0.1) is 0 Å². The van der Waals surface area contributed by atoms with Crippen molar-refractivity contribution >= 4 is 0 Å². The van der Waals surface area contributed by atoms with E-state index in [1.54, 1.807) is 11.1 Å². The molecular formula is C26H31Cl3Ti. The molecular weight excluding hydrogens is 467 g/mol. The maximum atomic E-state index is 2.48. The number of rotatable bonds is 6. The van der Waals surface area contributed by atoms with Crippen LogP contribution in [-0.4, -0.2) is 0 Å². The van der Waals surface area contributed by atoms with Crippen LogP contribution in [-0.2, 0) is 20.4 Å². The van der Waals surface area contributed by atoms with Crippen LogP contribution in [0.5, 0.6) is 0 Å². The van der Waals surface area contributed by atoms with Crippen molar-refractivity contribution in [2.45, 2.75) is 66.2 Å². The van der Waals surface area contributed by atoms with Gasteiger partial charge in [0.25, 0.3) is 0 Å². The number of unbranched alkanes of at least 4 members (excludes halogenated alkanes) is 1. The SMILES string of the molecule is CCCCC1=CCC(C(c2cc(C)cc(C)c2)c2cc(C)cc(C)c2)=[C]1[Ti+3].[Cl-].[Cl-].[Cl-]. The van der Waals surface area contributed by atoms with E-state index in [1.165, 1.54) is 56.5 Å². The molecule has 0 bridgehead atoms. The Morgan fingerprint density at radius 3 is 1.60 bits per heavy atom. The Kier molecular flexibility index (Phi) is 12.9. The van der Waals surface area contributed by atoms with E-state index in [4.69, 9.17) is 0 Å². The summed E-state index contributed by atoms with van der Waals surface area (Å²) in [7, 11) is 0. The van der Waals surface area contributed by atoms with E-state index in [1.807, 2.05) is 0 Å². The van der Waals surface area contributed by atoms with Gasteiger partial charge in [0.2, 0.25) is 0 Å². The number of halogens is 3. The number of hydrogen-bond donors (Lipinski definition) is 0. The fraction of sp³-hybridized carbons (Fsp3) is 0.385. The van der Waals surface area contributed by atoms with Crippen LogP contribution in [0.15, 0.2) is 57.5 Å². The molecule has 0 atom stereocenters. The third-order valence-corrected chi connectivity index (χ3v) is 6.52. The standard InChI is InChI=1S/C26H31.3ClH.Ti/c1-6-7-8-22-9-10-23(17-22)26(24-13-18(2)11-19(3)14-24)25-15-20(4)12-21(5)16-25;;;;/h9,11-16,26H,6-8,10H2,1-5H3;3*1H;/q;;;;+3/p-3. The van der Waals surface area contributed by atoms with Crippen LogP contribution in [0.2, 0.25) is 0 Å². The number of aryl methyl sites for hydroxylation is 4. The topological polar surface area (TPSA) is 0 Å². The molecule has 0 nitrogen and oxygen atoms in total. The number of benzene rings is 2. The van der Waals surface area contributed by atoms with E-state index >= 15 is 0 Å². The van der Waals surface area contributed by atoms with Crippen LogP contribution in [0.1, 0.15) is 71.9 Å². The second-order valence-corrected chi connectivity index (χ2v) is 8.99. The van der Waals surface area contributed by atoms with Gasteiger partial charge < -0.3 is 37.2 Å². The van der Waals surface area contributed by atoms with Gasteiger partial charge in [-0.15, -0.1) is 0 Å². The van der Waals surface area contributed by atoms with Gasteiger partial charge in [-0.05, 0) is 0 Å². The zero-order valence-corrected chi connectivity index (χ0v) is 22.4. The number of allylic oxidation sites excluding steroid dienone is 4. The van der Waals surface area contributed by atoms with Gasteiger partial charge in [-0.2, -0.15) is 0 Å².